The minimum absolute atomic E-state index is 0.242. The van der Waals surface area contributed by atoms with Crippen LogP contribution in [-0.4, -0.2) is 17.4 Å². The molecule has 0 aliphatic heterocycles. The van der Waals surface area contributed by atoms with Crippen molar-refractivity contribution in [2.24, 2.45) is 11.5 Å². The first-order chi connectivity index (χ1) is 8.53. The molecular formula is C13H17N3O2. The Labute approximate surface area is 106 Å². The van der Waals surface area contributed by atoms with Crippen molar-refractivity contribution in [2.75, 3.05) is 5.32 Å². The summed E-state index contributed by atoms with van der Waals surface area (Å²) >= 11 is 0. The Hall–Kier alpha value is -1.88. The van der Waals surface area contributed by atoms with E-state index in [0.29, 0.717) is 24.1 Å². The smallest absolute Gasteiger partial charge is 0.250 e. The molecular weight excluding hydrogens is 230 g/mol. The van der Waals surface area contributed by atoms with Crippen molar-refractivity contribution >= 4 is 17.5 Å². The van der Waals surface area contributed by atoms with E-state index in [1.165, 1.54) is 0 Å². The van der Waals surface area contributed by atoms with Gasteiger partial charge in [-0.15, -0.1) is 0 Å². The van der Waals surface area contributed by atoms with E-state index in [2.05, 4.69) is 5.32 Å². The van der Waals surface area contributed by atoms with E-state index in [1.807, 2.05) is 0 Å². The molecule has 5 heteroatoms. The van der Waals surface area contributed by atoms with Gasteiger partial charge in [-0.1, -0.05) is 25.0 Å². The van der Waals surface area contributed by atoms with Gasteiger partial charge in [0.05, 0.1) is 16.8 Å². The predicted octanol–water partition coefficient (Wildman–Crippen LogP) is 0.995. The van der Waals surface area contributed by atoms with Crippen LogP contribution in [0.5, 0.6) is 0 Å². The molecule has 96 valence electrons. The second-order valence-corrected chi connectivity index (χ2v) is 4.73. The van der Waals surface area contributed by atoms with Gasteiger partial charge >= 0.3 is 0 Å². The number of primary amides is 1. The molecule has 1 aliphatic carbocycles. The van der Waals surface area contributed by atoms with Gasteiger partial charge in [0.2, 0.25) is 5.91 Å². The van der Waals surface area contributed by atoms with Gasteiger partial charge in [-0.2, -0.15) is 0 Å². The number of para-hydroxylation sites is 1. The number of nitrogens with two attached hydrogens (primary N) is 2. The van der Waals surface area contributed by atoms with Crippen LogP contribution < -0.4 is 16.8 Å². The maximum atomic E-state index is 12.1. The van der Waals surface area contributed by atoms with Gasteiger partial charge in [0, 0.05) is 0 Å². The van der Waals surface area contributed by atoms with Crippen LogP contribution in [-0.2, 0) is 4.79 Å². The van der Waals surface area contributed by atoms with E-state index in [-0.39, 0.29) is 5.91 Å². The maximum absolute atomic E-state index is 12.1. The summed E-state index contributed by atoms with van der Waals surface area (Å²) in [4.78, 5) is 23.4. The summed E-state index contributed by atoms with van der Waals surface area (Å²) in [5.41, 5.74) is 11.2. The SMILES string of the molecule is NC(=O)c1ccccc1NC(=O)C1(N)CCCC1. The van der Waals surface area contributed by atoms with Gasteiger partial charge in [-0.05, 0) is 25.0 Å². The Kier molecular flexibility index (Phi) is 3.34. The summed E-state index contributed by atoms with van der Waals surface area (Å²) in [5, 5.41) is 2.71. The molecule has 0 atom stereocenters. The monoisotopic (exact) mass is 247 g/mol. The zero-order valence-corrected chi connectivity index (χ0v) is 10.1. The van der Waals surface area contributed by atoms with Crippen molar-refractivity contribution in [1.82, 2.24) is 0 Å². The molecule has 5 N–H and O–H groups in total. The lowest BCUT2D eigenvalue weighted by Crippen LogP contribution is -2.48. The molecule has 0 aromatic heterocycles. The standard InChI is InChI=1S/C13H17N3O2/c14-11(17)9-5-1-2-6-10(9)16-12(18)13(15)7-3-4-8-13/h1-2,5-6H,3-4,7-8,15H2,(H2,14,17)(H,16,18). The molecule has 0 unspecified atom stereocenters. The van der Waals surface area contributed by atoms with Gasteiger partial charge < -0.3 is 16.8 Å². The Morgan fingerprint density at radius 1 is 1.17 bits per heavy atom. The molecule has 0 spiro atoms. The fraction of sp³-hybridized carbons (Fsp3) is 0.385. The number of carbonyl (C=O) groups excluding carboxylic acids is 2. The summed E-state index contributed by atoms with van der Waals surface area (Å²) in [5.74, 6) is -0.808. The Morgan fingerprint density at radius 3 is 2.39 bits per heavy atom. The van der Waals surface area contributed by atoms with Gasteiger partial charge in [0.1, 0.15) is 0 Å². The van der Waals surface area contributed by atoms with Crippen molar-refractivity contribution in [2.45, 2.75) is 31.2 Å². The zero-order valence-electron chi connectivity index (χ0n) is 10.1. The number of rotatable bonds is 3. The first-order valence-corrected chi connectivity index (χ1v) is 6.02. The number of anilines is 1. The fourth-order valence-corrected chi connectivity index (χ4v) is 2.29. The van der Waals surface area contributed by atoms with Gasteiger partial charge in [0.15, 0.2) is 0 Å². The van der Waals surface area contributed by atoms with Crippen molar-refractivity contribution in [3.05, 3.63) is 29.8 Å². The van der Waals surface area contributed by atoms with Gasteiger partial charge in [0.25, 0.3) is 5.91 Å². The third kappa shape index (κ3) is 2.36. The Balaban J connectivity index is 2.19. The first kappa shape index (κ1) is 12.6. The number of amides is 2. The van der Waals surface area contributed by atoms with E-state index >= 15 is 0 Å². The topological polar surface area (TPSA) is 98.2 Å². The average Bonchev–Trinajstić information content (AvgIpc) is 2.78. The molecule has 2 rings (SSSR count). The van der Waals surface area contributed by atoms with Crippen molar-refractivity contribution in [3.63, 3.8) is 0 Å². The molecule has 0 heterocycles. The lowest BCUT2D eigenvalue weighted by Gasteiger charge is -2.22. The molecule has 1 aliphatic rings. The minimum Gasteiger partial charge on any atom is -0.366 e. The van der Waals surface area contributed by atoms with Crippen LogP contribution in [0.25, 0.3) is 0 Å². The molecule has 2 amide bonds. The average molecular weight is 247 g/mol. The van der Waals surface area contributed by atoms with Gasteiger partial charge in [-0.25, -0.2) is 0 Å². The van der Waals surface area contributed by atoms with Crippen molar-refractivity contribution in [1.29, 1.82) is 0 Å². The summed E-state index contributed by atoms with van der Waals surface area (Å²) in [7, 11) is 0. The first-order valence-electron chi connectivity index (χ1n) is 6.02. The molecule has 0 radical (unpaired) electrons. The molecule has 1 fully saturated rings. The largest absolute Gasteiger partial charge is 0.366 e. The van der Waals surface area contributed by atoms with E-state index in [9.17, 15) is 9.59 Å². The Morgan fingerprint density at radius 2 is 1.78 bits per heavy atom. The minimum atomic E-state index is -0.815. The quantitative estimate of drug-likeness (QED) is 0.743. The number of carbonyl (C=O) groups is 2. The second-order valence-electron chi connectivity index (χ2n) is 4.73. The lowest BCUT2D eigenvalue weighted by molar-refractivity contribution is -0.121. The molecule has 1 aromatic rings. The van der Waals surface area contributed by atoms with Crippen LogP contribution in [0.1, 0.15) is 36.0 Å². The predicted molar refractivity (Wildman–Crippen MR) is 69.0 cm³/mol. The lowest BCUT2D eigenvalue weighted by atomic mass is 9.97. The second kappa shape index (κ2) is 4.78. The summed E-state index contributed by atoms with van der Waals surface area (Å²) in [6, 6.07) is 6.66. The molecule has 5 nitrogen and oxygen atoms in total. The summed E-state index contributed by atoms with van der Waals surface area (Å²) in [6.45, 7) is 0. The molecule has 0 saturated heterocycles. The zero-order chi connectivity index (χ0) is 13.2. The van der Waals surface area contributed by atoms with Crippen LogP contribution in [0.15, 0.2) is 24.3 Å². The fourth-order valence-electron chi connectivity index (χ4n) is 2.29. The van der Waals surface area contributed by atoms with Gasteiger partial charge in [-0.3, -0.25) is 9.59 Å². The van der Waals surface area contributed by atoms with E-state index in [1.54, 1.807) is 24.3 Å². The van der Waals surface area contributed by atoms with Crippen LogP contribution in [0.4, 0.5) is 5.69 Å². The van der Waals surface area contributed by atoms with Crippen molar-refractivity contribution in [3.8, 4) is 0 Å². The third-order valence-corrected chi connectivity index (χ3v) is 3.39. The molecule has 1 saturated carbocycles. The van der Waals surface area contributed by atoms with Crippen LogP contribution in [0.2, 0.25) is 0 Å². The highest BCUT2D eigenvalue weighted by Crippen LogP contribution is 2.28. The van der Waals surface area contributed by atoms with E-state index in [0.717, 1.165) is 12.8 Å². The molecule has 0 bridgehead atoms. The molecule has 18 heavy (non-hydrogen) atoms. The van der Waals surface area contributed by atoms with Crippen molar-refractivity contribution < 1.29 is 9.59 Å². The number of hydrogen-bond donors (Lipinski definition) is 3. The number of hydrogen-bond acceptors (Lipinski definition) is 3. The normalized spacial score (nSPS) is 17.4. The van der Waals surface area contributed by atoms with Crippen LogP contribution in [0, 0.1) is 0 Å². The molecule has 1 aromatic carbocycles. The highest BCUT2D eigenvalue weighted by Gasteiger charge is 2.37. The van der Waals surface area contributed by atoms with E-state index < -0.39 is 11.4 Å². The maximum Gasteiger partial charge on any atom is 0.250 e. The summed E-state index contributed by atoms with van der Waals surface area (Å²) in [6.07, 6.45) is 3.28. The highest BCUT2D eigenvalue weighted by molar-refractivity contribution is 6.05. The van der Waals surface area contributed by atoms with Crippen LogP contribution in [0.3, 0.4) is 0 Å². The number of nitrogens with one attached hydrogen (secondary N) is 1. The Bertz CT molecular complexity index is 479. The van der Waals surface area contributed by atoms with E-state index in [4.69, 9.17) is 11.5 Å². The summed E-state index contributed by atoms with van der Waals surface area (Å²) < 4.78 is 0. The van der Waals surface area contributed by atoms with Crippen LogP contribution >= 0.6 is 0 Å². The highest BCUT2D eigenvalue weighted by atomic mass is 16.2. The third-order valence-electron chi connectivity index (χ3n) is 3.39. The number of benzene rings is 1.